The first-order valence-electron chi connectivity index (χ1n) is 9.62. The molecule has 150 valence electrons. The molecule has 0 fully saturated rings. The number of ether oxygens (including phenoxy) is 3. The molecule has 6 heteroatoms. The molecule has 1 N–H and O–H groups in total. The zero-order valence-electron chi connectivity index (χ0n) is 17.0. The molecule has 1 aromatic heterocycles. The van der Waals surface area contributed by atoms with Crippen LogP contribution in [-0.2, 0) is 11.2 Å². The van der Waals surface area contributed by atoms with Gasteiger partial charge in [-0.05, 0) is 59.2 Å². The minimum absolute atomic E-state index is 0.0954. The Balaban J connectivity index is 2.16. The molecule has 0 atom stereocenters. The fraction of sp³-hybridized carbons (Fsp3) is 0.571. The van der Waals surface area contributed by atoms with E-state index < -0.39 is 6.16 Å². The van der Waals surface area contributed by atoms with Gasteiger partial charge >= 0.3 is 6.16 Å². The molecule has 0 bridgehead atoms. The number of carbonyl (C=O) groups excluding carboxylic acids is 1. The van der Waals surface area contributed by atoms with Crippen LogP contribution >= 0.6 is 0 Å². The van der Waals surface area contributed by atoms with Crippen molar-refractivity contribution in [1.29, 1.82) is 0 Å². The van der Waals surface area contributed by atoms with E-state index in [0.29, 0.717) is 18.6 Å². The van der Waals surface area contributed by atoms with Crippen LogP contribution in [0.15, 0.2) is 22.6 Å². The predicted molar refractivity (Wildman–Crippen MR) is 106 cm³/mol. The topological polar surface area (TPSA) is 69.9 Å². The first-order chi connectivity index (χ1) is 12.9. The van der Waals surface area contributed by atoms with Crippen LogP contribution in [0.5, 0.6) is 11.7 Å². The quantitative estimate of drug-likeness (QED) is 0.485. The third kappa shape index (κ3) is 6.17. The second-order valence-corrected chi connectivity index (χ2v) is 7.41. The van der Waals surface area contributed by atoms with E-state index in [2.05, 4.69) is 33.0 Å². The largest absolute Gasteiger partial charge is 0.516 e. The summed E-state index contributed by atoms with van der Waals surface area (Å²) in [5.41, 5.74) is 1.57. The van der Waals surface area contributed by atoms with Crippen LogP contribution < -0.4 is 14.8 Å². The molecule has 0 spiro atoms. The molecule has 27 heavy (non-hydrogen) atoms. The second kappa shape index (κ2) is 9.65. The summed E-state index contributed by atoms with van der Waals surface area (Å²) in [7, 11) is 0. The minimum Gasteiger partial charge on any atom is -0.493 e. The summed E-state index contributed by atoms with van der Waals surface area (Å²) in [5, 5.41) is 4.31. The molecule has 0 aliphatic heterocycles. The molecule has 0 amide bonds. The van der Waals surface area contributed by atoms with E-state index in [-0.39, 0.29) is 18.1 Å². The zero-order chi connectivity index (χ0) is 19.9. The number of aryl methyl sites for hydroxylation is 1. The van der Waals surface area contributed by atoms with E-state index in [0.717, 1.165) is 36.1 Å². The molecule has 6 nitrogen and oxygen atoms in total. The van der Waals surface area contributed by atoms with E-state index in [4.69, 9.17) is 18.6 Å². The van der Waals surface area contributed by atoms with Crippen LogP contribution in [0.1, 0.15) is 53.0 Å². The van der Waals surface area contributed by atoms with E-state index in [9.17, 15) is 4.79 Å². The van der Waals surface area contributed by atoms with Crippen LogP contribution in [-0.4, -0.2) is 31.5 Å². The first-order valence-corrected chi connectivity index (χ1v) is 9.62. The van der Waals surface area contributed by atoms with Gasteiger partial charge in [-0.25, -0.2) is 4.79 Å². The van der Waals surface area contributed by atoms with Gasteiger partial charge in [-0.15, -0.1) is 0 Å². The maximum Gasteiger partial charge on any atom is 0.516 e. The summed E-state index contributed by atoms with van der Waals surface area (Å²) < 4.78 is 21.9. The van der Waals surface area contributed by atoms with Crippen LogP contribution in [0.4, 0.5) is 4.79 Å². The third-order valence-electron chi connectivity index (χ3n) is 3.91. The van der Waals surface area contributed by atoms with Gasteiger partial charge in [-0.1, -0.05) is 19.4 Å². The number of hydrogen-bond acceptors (Lipinski definition) is 6. The Morgan fingerprint density at radius 2 is 2.00 bits per heavy atom. The molecule has 0 unspecified atom stereocenters. The SMILES string of the molecule is CCCc1c(OC(=O)OCC)oc2cccc(OCCCNC(C)(C)C)c12. The summed E-state index contributed by atoms with van der Waals surface area (Å²) in [6.07, 6.45) is 1.73. The molecule has 2 aromatic rings. The summed E-state index contributed by atoms with van der Waals surface area (Å²) >= 11 is 0. The average Bonchev–Trinajstić information content (AvgIpc) is 2.92. The van der Waals surface area contributed by atoms with Crippen LogP contribution in [0, 0.1) is 0 Å². The Hall–Kier alpha value is -2.21. The van der Waals surface area contributed by atoms with Crippen molar-refractivity contribution in [3.05, 3.63) is 23.8 Å². The van der Waals surface area contributed by atoms with Gasteiger partial charge in [0, 0.05) is 11.1 Å². The number of hydrogen-bond donors (Lipinski definition) is 1. The lowest BCUT2D eigenvalue weighted by atomic mass is 10.1. The van der Waals surface area contributed by atoms with Crippen molar-refractivity contribution in [2.45, 2.75) is 59.4 Å². The molecule has 0 radical (unpaired) electrons. The van der Waals surface area contributed by atoms with Gasteiger partial charge < -0.3 is 23.9 Å². The van der Waals surface area contributed by atoms with Crippen molar-refractivity contribution in [1.82, 2.24) is 5.32 Å². The van der Waals surface area contributed by atoms with E-state index in [1.165, 1.54) is 0 Å². The Bertz CT molecular complexity index is 745. The fourth-order valence-corrected chi connectivity index (χ4v) is 2.78. The van der Waals surface area contributed by atoms with Crippen molar-refractivity contribution < 1.29 is 23.4 Å². The maximum atomic E-state index is 11.7. The first kappa shape index (κ1) is 21.1. The van der Waals surface area contributed by atoms with E-state index >= 15 is 0 Å². The van der Waals surface area contributed by atoms with Gasteiger partial charge in [0.2, 0.25) is 0 Å². The predicted octanol–water partition coefficient (Wildman–Crippen LogP) is 5.08. The molecule has 1 aromatic carbocycles. The minimum atomic E-state index is -0.760. The number of fused-ring (bicyclic) bond motifs is 1. The number of furan rings is 1. The number of nitrogens with one attached hydrogen (secondary N) is 1. The highest BCUT2D eigenvalue weighted by Crippen LogP contribution is 2.38. The lowest BCUT2D eigenvalue weighted by Gasteiger charge is -2.20. The molecule has 0 aliphatic rings. The molecular formula is C21H31NO5. The van der Waals surface area contributed by atoms with Gasteiger partial charge in [-0.3, -0.25) is 0 Å². The monoisotopic (exact) mass is 377 g/mol. The highest BCUT2D eigenvalue weighted by atomic mass is 16.8. The molecule has 0 saturated heterocycles. The Morgan fingerprint density at radius 3 is 2.67 bits per heavy atom. The summed E-state index contributed by atoms with van der Waals surface area (Å²) in [6, 6.07) is 5.64. The normalized spacial score (nSPS) is 11.6. The lowest BCUT2D eigenvalue weighted by molar-refractivity contribution is 0.0951. The molecule has 2 rings (SSSR count). The molecule has 0 saturated carbocycles. The average molecular weight is 377 g/mol. The van der Waals surface area contributed by atoms with Crippen molar-refractivity contribution in [2.75, 3.05) is 19.8 Å². The summed E-state index contributed by atoms with van der Waals surface area (Å²) in [4.78, 5) is 11.7. The van der Waals surface area contributed by atoms with Crippen LogP contribution in [0.2, 0.25) is 0 Å². The maximum absolute atomic E-state index is 11.7. The van der Waals surface area contributed by atoms with Crippen molar-refractivity contribution in [3.63, 3.8) is 0 Å². The summed E-state index contributed by atoms with van der Waals surface area (Å²) in [6.45, 7) is 11.9. The zero-order valence-corrected chi connectivity index (χ0v) is 17.0. The third-order valence-corrected chi connectivity index (χ3v) is 3.91. The van der Waals surface area contributed by atoms with Crippen molar-refractivity contribution in [3.8, 4) is 11.7 Å². The number of benzene rings is 1. The van der Waals surface area contributed by atoms with Crippen LogP contribution in [0.3, 0.4) is 0 Å². The molecule has 1 heterocycles. The fourth-order valence-electron chi connectivity index (χ4n) is 2.78. The smallest absolute Gasteiger partial charge is 0.493 e. The molecule has 0 aliphatic carbocycles. The highest BCUT2D eigenvalue weighted by molar-refractivity contribution is 5.90. The van der Waals surface area contributed by atoms with Gasteiger partial charge in [0.25, 0.3) is 5.95 Å². The summed E-state index contributed by atoms with van der Waals surface area (Å²) in [5.74, 6) is 0.935. The number of rotatable bonds is 9. The van der Waals surface area contributed by atoms with E-state index in [1.807, 2.05) is 18.2 Å². The van der Waals surface area contributed by atoms with E-state index in [1.54, 1.807) is 6.92 Å². The highest BCUT2D eigenvalue weighted by Gasteiger charge is 2.21. The Morgan fingerprint density at radius 1 is 1.22 bits per heavy atom. The van der Waals surface area contributed by atoms with Crippen molar-refractivity contribution in [2.24, 2.45) is 0 Å². The van der Waals surface area contributed by atoms with Gasteiger partial charge in [0.05, 0.1) is 18.6 Å². The van der Waals surface area contributed by atoms with Crippen molar-refractivity contribution >= 4 is 17.1 Å². The Kier molecular flexibility index (Phi) is 7.54. The Labute approximate surface area is 161 Å². The van der Waals surface area contributed by atoms with Gasteiger partial charge in [0.1, 0.15) is 11.3 Å². The standard InChI is InChI=1S/C21H31NO5/c1-6-10-15-18-16(25-14-9-13-22-21(3,4)5)11-8-12-17(18)26-19(15)27-20(23)24-7-2/h8,11-12,22H,6-7,9-10,13-14H2,1-5H3. The van der Waals surface area contributed by atoms with Gasteiger partial charge in [0.15, 0.2) is 0 Å². The van der Waals surface area contributed by atoms with Gasteiger partial charge in [-0.2, -0.15) is 0 Å². The van der Waals surface area contributed by atoms with Crippen LogP contribution in [0.25, 0.3) is 11.0 Å². The lowest BCUT2D eigenvalue weighted by Crippen LogP contribution is -2.36. The molecular weight excluding hydrogens is 346 g/mol. The number of carbonyl (C=O) groups is 1. The second-order valence-electron chi connectivity index (χ2n) is 7.41.